The topological polar surface area (TPSA) is 102 Å². The third-order valence-electron chi connectivity index (χ3n) is 3.32. The van der Waals surface area contributed by atoms with E-state index in [0.717, 1.165) is 6.07 Å². The van der Waals surface area contributed by atoms with Crippen LogP contribution in [0.1, 0.15) is 20.7 Å². The van der Waals surface area contributed by atoms with E-state index in [1.54, 1.807) is 18.2 Å². The van der Waals surface area contributed by atoms with Crippen LogP contribution in [0.2, 0.25) is 5.02 Å². The number of benzene rings is 2. The summed E-state index contributed by atoms with van der Waals surface area (Å²) in [5.41, 5.74) is 0.575. The highest BCUT2D eigenvalue weighted by atomic mass is 35.5. The Hall–Kier alpha value is -3.50. The van der Waals surface area contributed by atoms with Crippen LogP contribution in [-0.2, 0) is 0 Å². The second-order valence-corrected chi connectivity index (χ2v) is 5.39. The van der Waals surface area contributed by atoms with Gasteiger partial charge in [-0.2, -0.15) is 4.98 Å². The van der Waals surface area contributed by atoms with E-state index in [2.05, 4.69) is 11.0 Å². The highest BCUT2D eigenvalue weighted by molar-refractivity contribution is 6.31. The van der Waals surface area contributed by atoms with Crippen molar-refractivity contribution in [2.75, 3.05) is 0 Å². The first-order chi connectivity index (χ1) is 11.9. The zero-order valence-corrected chi connectivity index (χ0v) is 13.2. The van der Waals surface area contributed by atoms with E-state index in [4.69, 9.17) is 33.0 Å². The molecule has 8 heteroatoms. The molecule has 2 N–H and O–H groups in total. The van der Waals surface area contributed by atoms with E-state index in [1.807, 2.05) is 0 Å². The van der Waals surface area contributed by atoms with Gasteiger partial charge in [-0.25, -0.2) is 14.2 Å². The Morgan fingerprint density at radius 2 is 1.76 bits per heavy atom. The number of hydrogen-bond donors (Lipinski definition) is 2. The number of ether oxygens (including phenoxy) is 1. The zero-order chi connectivity index (χ0) is 18.1. The molecule has 2 aromatic carbocycles. The molecular weight excluding hydrogens is 348 g/mol. The van der Waals surface area contributed by atoms with Crippen molar-refractivity contribution in [3.05, 3.63) is 52.5 Å². The smallest absolute Gasteiger partial charge is 0.335 e. The quantitative estimate of drug-likeness (QED) is 0.695. The molecule has 0 aliphatic heterocycles. The van der Waals surface area contributed by atoms with E-state index in [1.165, 1.54) is 16.7 Å². The molecule has 0 saturated heterocycles. The van der Waals surface area contributed by atoms with Crippen LogP contribution in [0.4, 0.5) is 0 Å². The summed E-state index contributed by atoms with van der Waals surface area (Å²) in [6, 6.07) is 10.6. The summed E-state index contributed by atoms with van der Waals surface area (Å²) in [6.07, 6.45) is 5.48. The van der Waals surface area contributed by atoms with Gasteiger partial charge < -0.3 is 14.9 Å². The van der Waals surface area contributed by atoms with Crippen molar-refractivity contribution in [2.24, 2.45) is 0 Å². The summed E-state index contributed by atoms with van der Waals surface area (Å²) in [5.74, 6) is -2.59. The molecular formula is C17H9ClN2O5. The molecule has 3 rings (SSSR count). The fraction of sp³-hybridized carbons (Fsp3) is 0. The number of fused-ring (bicyclic) bond motifs is 1. The minimum atomic E-state index is -1.29. The van der Waals surface area contributed by atoms with Crippen molar-refractivity contribution in [2.45, 2.75) is 0 Å². The maximum absolute atomic E-state index is 11.2. The van der Waals surface area contributed by atoms with E-state index in [9.17, 15) is 9.59 Å². The molecule has 0 radical (unpaired) electrons. The lowest BCUT2D eigenvalue weighted by Crippen LogP contribution is -2.04. The van der Waals surface area contributed by atoms with Gasteiger partial charge in [-0.3, -0.25) is 0 Å². The molecule has 3 aromatic rings. The van der Waals surface area contributed by atoms with Gasteiger partial charge in [0.1, 0.15) is 5.75 Å². The van der Waals surface area contributed by atoms with Crippen LogP contribution >= 0.6 is 11.6 Å². The summed E-state index contributed by atoms with van der Waals surface area (Å²) in [5, 5.41) is 18.7. The normalized spacial score (nSPS) is 10.4. The van der Waals surface area contributed by atoms with Gasteiger partial charge in [-0.1, -0.05) is 18.0 Å². The molecule has 0 unspecified atom stereocenters. The number of nitrogens with zero attached hydrogens (tertiary/aromatic N) is 2. The Labute approximate surface area is 146 Å². The predicted molar refractivity (Wildman–Crippen MR) is 89.4 cm³/mol. The SMILES string of the molecule is C#Cn1c(Oc2cc(C(=O)O)cc(C(=O)O)c2)nc2ccc(Cl)cc21. The van der Waals surface area contributed by atoms with Crippen LogP contribution in [0.25, 0.3) is 11.0 Å². The van der Waals surface area contributed by atoms with Crippen molar-refractivity contribution in [1.82, 2.24) is 9.55 Å². The number of hydrogen-bond acceptors (Lipinski definition) is 4. The first kappa shape index (κ1) is 16.4. The summed E-state index contributed by atoms with van der Waals surface area (Å²) in [6.45, 7) is 0. The number of imidazole rings is 1. The monoisotopic (exact) mass is 356 g/mol. The van der Waals surface area contributed by atoms with Crippen LogP contribution in [0, 0.1) is 12.5 Å². The number of terminal acetylenes is 1. The highest BCUT2D eigenvalue weighted by Gasteiger charge is 2.16. The number of carboxylic acids is 2. The summed E-state index contributed by atoms with van der Waals surface area (Å²) >= 11 is 5.95. The Morgan fingerprint density at radius 1 is 1.12 bits per heavy atom. The standard InChI is InChI=1S/C17H9ClN2O5/c1-2-20-14-8-11(18)3-4-13(14)19-17(20)25-12-6-9(15(21)22)5-10(7-12)16(23)24/h1,3-8H,(H,21,22)(H,23,24). The molecule has 0 fully saturated rings. The number of aromatic carboxylic acids is 2. The van der Waals surface area contributed by atoms with Gasteiger partial charge in [0.05, 0.1) is 22.2 Å². The molecule has 0 aliphatic rings. The van der Waals surface area contributed by atoms with Crippen molar-refractivity contribution in [3.8, 4) is 24.2 Å². The number of carbonyl (C=O) groups is 2. The van der Waals surface area contributed by atoms with Gasteiger partial charge in [0.25, 0.3) is 0 Å². The van der Waals surface area contributed by atoms with Gasteiger partial charge in [0, 0.05) is 11.1 Å². The molecule has 1 aromatic heterocycles. The summed E-state index contributed by atoms with van der Waals surface area (Å²) in [4.78, 5) is 26.5. The van der Waals surface area contributed by atoms with E-state index >= 15 is 0 Å². The molecule has 1 heterocycles. The fourth-order valence-electron chi connectivity index (χ4n) is 2.23. The second-order valence-electron chi connectivity index (χ2n) is 4.95. The van der Waals surface area contributed by atoms with E-state index < -0.39 is 11.9 Å². The molecule has 0 bridgehead atoms. The minimum absolute atomic E-state index is 0.0151. The first-order valence-corrected chi connectivity index (χ1v) is 7.21. The van der Waals surface area contributed by atoms with Crippen molar-refractivity contribution < 1.29 is 24.5 Å². The lowest BCUT2D eigenvalue weighted by atomic mass is 10.1. The lowest BCUT2D eigenvalue weighted by molar-refractivity contribution is 0.0696. The zero-order valence-electron chi connectivity index (χ0n) is 12.4. The molecule has 0 aliphatic carbocycles. The van der Waals surface area contributed by atoms with E-state index in [-0.39, 0.29) is 22.9 Å². The van der Waals surface area contributed by atoms with Crippen LogP contribution in [0.3, 0.4) is 0 Å². The second kappa shape index (κ2) is 6.19. The Balaban J connectivity index is 2.11. The van der Waals surface area contributed by atoms with Crippen molar-refractivity contribution in [1.29, 1.82) is 0 Å². The lowest BCUT2D eigenvalue weighted by Gasteiger charge is -2.07. The Kier molecular flexibility index (Phi) is 4.05. The number of rotatable bonds is 4. The largest absolute Gasteiger partial charge is 0.478 e. The fourth-order valence-corrected chi connectivity index (χ4v) is 2.40. The summed E-state index contributed by atoms with van der Waals surface area (Å²) < 4.78 is 6.83. The third-order valence-corrected chi connectivity index (χ3v) is 3.56. The molecule has 0 atom stereocenters. The Morgan fingerprint density at radius 3 is 2.32 bits per heavy atom. The molecule has 25 heavy (non-hydrogen) atoms. The first-order valence-electron chi connectivity index (χ1n) is 6.83. The molecule has 0 spiro atoms. The van der Waals surface area contributed by atoms with Gasteiger partial charge in [-0.05, 0) is 36.4 Å². The number of aromatic nitrogens is 2. The van der Waals surface area contributed by atoms with Gasteiger partial charge >= 0.3 is 17.9 Å². The average Bonchev–Trinajstić information content (AvgIpc) is 2.90. The van der Waals surface area contributed by atoms with Crippen LogP contribution in [0.5, 0.6) is 11.8 Å². The molecule has 0 saturated carbocycles. The molecule has 7 nitrogen and oxygen atoms in total. The number of carboxylic acid groups (broad SMARTS) is 2. The maximum Gasteiger partial charge on any atom is 0.335 e. The van der Waals surface area contributed by atoms with Crippen LogP contribution in [0.15, 0.2) is 36.4 Å². The van der Waals surface area contributed by atoms with Crippen LogP contribution < -0.4 is 4.74 Å². The predicted octanol–water partition coefficient (Wildman–Crippen LogP) is 3.32. The average molecular weight is 357 g/mol. The van der Waals surface area contributed by atoms with Crippen LogP contribution in [-0.4, -0.2) is 31.7 Å². The van der Waals surface area contributed by atoms with Gasteiger partial charge in [-0.15, -0.1) is 0 Å². The highest BCUT2D eigenvalue weighted by Crippen LogP contribution is 2.28. The third kappa shape index (κ3) is 3.11. The van der Waals surface area contributed by atoms with Gasteiger partial charge in [0.2, 0.25) is 0 Å². The minimum Gasteiger partial charge on any atom is -0.478 e. The van der Waals surface area contributed by atoms with Crippen molar-refractivity contribution in [3.63, 3.8) is 0 Å². The molecule has 0 amide bonds. The summed E-state index contributed by atoms with van der Waals surface area (Å²) in [7, 11) is 0. The maximum atomic E-state index is 11.2. The van der Waals surface area contributed by atoms with Gasteiger partial charge in [0.15, 0.2) is 0 Å². The van der Waals surface area contributed by atoms with Crippen molar-refractivity contribution >= 4 is 34.6 Å². The number of halogens is 1. The Bertz CT molecular complexity index is 1030. The molecule has 124 valence electrons. The van der Waals surface area contributed by atoms with E-state index in [0.29, 0.717) is 16.1 Å².